The lowest BCUT2D eigenvalue weighted by atomic mass is 9.88. The molecule has 0 spiro atoms. The molecule has 3 aromatic rings. The number of hydrogen-bond acceptors (Lipinski definition) is 1. The highest BCUT2D eigenvalue weighted by molar-refractivity contribution is 5.84. The fourth-order valence-electron chi connectivity index (χ4n) is 2.91. The molecular formula is C18H19FN2. The van der Waals surface area contributed by atoms with Crippen LogP contribution in [0.25, 0.3) is 10.9 Å². The smallest absolute Gasteiger partial charge is 0.127 e. The number of hydrogen-bond donors (Lipinski definition) is 2. The van der Waals surface area contributed by atoms with Crippen LogP contribution in [0.2, 0.25) is 0 Å². The van der Waals surface area contributed by atoms with Gasteiger partial charge in [0.25, 0.3) is 0 Å². The Labute approximate surface area is 124 Å². The fraction of sp³-hybridized carbons (Fsp3) is 0.222. The zero-order chi connectivity index (χ0) is 14.7. The van der Waals surface area contributed by atoms with Gasteiger partial charge in [-0.25, -0.2) is 4.39 Å². The maximum Gasteiger partial charge on any atom is 0.127 e. The number of rotatable bonds is 5. The summed E-state index contributed by atoms with van der Waals surface area (Å²) < 4.78 is 14.2. The molecule has 0 radical (unpaired) electrons. The van der Waals surface area contributed by atoms with Crippen LogP contribution in [0, 0.1) is 5.82 Å². The normalized spacial score (nSPS) is 12.7. The largest absolute Gasteiger partial charge is 0.361 e. The first-order valence-corrected chi connectivity index (χ1v) is 7.26. The van der Waals surface area contributed by atoms with Gasteiger partial charge in [-0.05, 0) is 43.3 Å². The lowest BCUT2D eigenvalue weighted by Gasteiger charge is -2.18. The number of H-pyrrole nitrogens is 1. The number of fused-ring (bicyclic) bond motifs is 1. The Kier molecular flexibility index (Phi) is 4.02. The summed E-state index contributed by atoms with van der Waals surface area (Å²) in [6, 6.07) is 15.2. The Morgan fingerprint density at radius 3 is 2.62 bits per heavy atom. The second-order valence-electron chi connectivity index (χ2n) is 5.26. The molecule has 0 amide bonds. The number of benzene rings is 2. The van der Waals surface area contributed by atoms with Crippen molar-refractivity contribution in [3.05, 3.63) is 71.7 Å². The number of para-hydroxylation sites is 1. The molecule has 0 aliphatic rings. The van der Waals surface area contributed by atoms with Crippen LogP contribution < -0.4 is 5.32 Å². The number of halogens is 1. The Balaban J connectivity index is 2.09. The molecule has 0 saturated heterocycles. The topological polar surface area (TPSA) is 27.8 Å². The lowest BCUT2D eigenvalue weighted by Crippen LogP contribution is -2.14. The molecule has 0 bridgehead atoms. The predicted octanol–water partition coefficient (Wildman–Crippen LogP) is 4.05. The van der Waals surface area contributed by atoms with E-state index in [-0.39, 0.29) is 11.7 Å². The summed E-state index contributed by atoms with van der Waals surface area (Å²) in [5.74, 6) is -0.0846. The molecule has 1 atom stereocenters. The van der Waals surface area contributed by atoms with E-state index in [9.17, 15) is 4.39 Å². The second kappa shape index (κ2) is 6.10. The zero-order valence-electron chi connectivity index (χ0n) is 12.1. The van der Waals surface area contributed by atoms with Crippen LogP contribution in [0.5, 0.6) is 0 Å². The van der Waals surface area contributed by atoms with Crippen molar-refractivity contribution in [3.8, 4) is 0 Å². The van der Waals surface area contributed by atoms with E-state index in [1.54, 1.807) is 6.07 Å². The number of aromatic nitrogens is 1. The van der Waals surface area contributed by atoms with Crippen molar-refractivity contribution in [1.82, 2.24) is 10.3 Å². The summed E-state index contributed by atoms with van der Waals surface area (Å²) in [6.45, 7) is 0.846. The van der Waals surface area contributed by atoms with Crippen molar-refractivity contribution in [1.29, 1.82) is 0 Å². The van der Waals surface area contributed by atoms with Crippen LogP contribution in [0.1, 0.15) is 23.5 Å². The number of nitrogens with one attached hydrogen (secondary N) is 2. The summed E-state index contributed by atoms with van der Waals surface area (Å²) in [5, 5.41) is 4.33. The third-order valence-corrected chi connectivity index (χ3v) is 3.96. The first-order valence-electron chi connectivity index (χ1n) is 7.26. The van der Waals surface area contributed by atoms with Crippen molar-refractivity contribution in [2.45, 2.75) is 12.3 Å². The van der Waals surface area contributed by atoms with Gasteiger partial charge in [0.1, 0.15) is 5.82 Å². The first-order chi connectivity index (χ1) is 10.3. The monoisotopic (exact) mass is 282 g/mol. The van der Waals surface area contributed by atoms with E-state index >= 15 is 0 Å². The van der Waals surface area contributed by atoms with E-state index in [1.165, 1.54) is 11.5 Å². The third kappa shape index (κ3) is 2.69. The first kappa shape index (κ1) is 13.8. The maximum atomic E-state index is 14.2. The van der Waals surface area contributed by atoms with E-state index in [0.717, 1.165) is 29.6 Å². The minimum Gasteiger partial charge on any atom is -0.361 e. The molecule has 2 N–H and O–H groups in total. The average Bonchev–Trinajstić information content (AvgIpc) is 2.93. The molecule has 0 aliphatic heterocycles. The van der Waals surface area contributed by atoms with Gasteiger partial charge in [0, 0.05) is 23.0 Å². The van der Waals surface area contributed by atoms with Gasteiger partial charge in [-0.2, -0.15) is 0 Å². The van der Waals surface area contributed by atoms with Crippen molar-refractivity contribution < 1.29 is 4.39 Å². The molecule has 21 heavy (non-hydrogen) atoms. The zero-order valence-corrected chi connectivity index (χ0v) is 12.1. The Morgan fingerprint density at radius 1 is 1.05 bits per heavy atom. The molecule has 0 fully saturated rings. The fourth-order valence-corrected chi connectivity index (χ4v) is 2.91. The lowest BCUT2D eigenvalue weighted by molar-refractivity contribution is 0.579. The van der Waals surface area contributed by atoms with Crippen LogP contribution in [0.4, 0.5) is 4.39 Å². The summed E-state index contributed by atoms with van der Waals surface area (Å²) in [4.78, 5) is 3.29. The average molecular weight is 282 g/mol. The summed E-state index contributed by atoms with van der Waals surface area (Å²) >= 11 is 0. The van der Waals surface area contributed by atoms with Crippen LogP contribution in [-0.4, -0.2) is 18.6 Å². The van der Waals surface area contributed by atoms with Crippen LogP contribution in [-0.2, 0) is 0 Å². The van der Waals surface area contributed by atoms with Gasteiger partial charge < -0.3 is 10.3 Å². The molecule has 2 aromatic carbocycles. The van der Waals surface area contributed by atoms with Gasteiger partial charge in [0.2, 0.25) is 0 Å². The van der Waals surface area contributed by atoms with Crippen molar-refractivity contribution >= 4 is 10.9 Å². The molecule has 1 aromatic heterocycles. The van der Waals surface area contributed by atoms with Crippen LogP contribution >= 0.6 is 0 Å². The summed E-state index contributed by atoms with van der Waals surface area (Å²) in [5.41, 5.74) is 3.02. The highest BCUT2D eigenvalue weighted by Gasteiger charge is 2.20. The maximum absolute atomic E-state index is 14.2. The van der Waals surface area contributed by atoms with E-state index in [0.29, 0.717) is 0 Å². The standard InChI is InChI=1S/C18H19FN2/c1-20-11-10-13(14-6-2-4-8-17(14)19)16-12-21-18-9-5-3-7-15(16)18/h2-9,12-13,20-21H,10-11H2,1H3. The predicted molar refractivity (Wildman–Crippen MR) is 85.1 cm³/mol. The van der Waals surface area contributed by atoms with Crippen molar-refractivity contribution in [3.63, 3.8) is 0 Å². The Morgan fingerprint density at radius 2 is 1.81 bits per heavy atom. The van der Waals surface area contributed by atoms with Gasteiger partial charge in [0.15, 0.2) is 0 Å². The van der Waals surface area contributed by atoms with Gasteiger partial charge in [-0.15, -0.1) is 0 Å². The van der Waals surface area contributed by atoms with E-state index in [2.05, 4.69) is 22.4 Å². The molecule has 1 heterocycles. The molecule has 3 heteroatoms. The Hall–Kier alpha value is -2.13. The minimum absolute atomic E-state index is 0.0507. The summed E-state index contributed by atoms with van der Waals surface area (Å²) in [6.07, 6.45) is 2.87. The van der Waals surface area contributed by atoms with Crippen molar-refractivity contribution in [2.24, 2.45) is 0 Å². The van der Waals surface area contributed by atoms with E-state index < -0.39 is 0 Å². The Bertz CT molecular complexity index is 733. The van der Waals surface area contributed by atoms with E-state index in [1.807, 2.05) is 37.5 Å². The van der Waals surface area contributed by atoms with Gasteiger partial charge >= 0.3 is 0 Å². The third-order valence-electron chi connectivity index (χ3n) is 3.96. The van der Waals surface area contributed by atoms with Gasteiger partial charge in [-0.3, -0.25) is 0 Å². The summed E-state index contributed by atoms with van der Waals surface area (Å²) in [7, 11) is 1.92. The molecular weight excluding hydrogens is 263 g/mol. The number of aromatic amines is 1. The van der Waals surface area contributed by atoms with Crippen molar-refractivity contribution in [2.75, 3.05) is 13.6 Å². The highest BCUT2D eigenvalue weighted by atomic mass is 19.1. The van der Waals surface area contributed by atoms with E-state index in [4.69, 9.17) is 0 Å². The van der Waals surface area contributed by atoms with Gasteiger partial charge in [0.05, 0.1) is 0 Å². The van der Waals surface area contributed by atoms with Crippen LogP contribution in [0.3, 0.4) is 0 Å². The molecule has 1 unspecified atom stereocenters. The second-order valence-corrected chi connectivity index (χ2v) is 5.26. The minimum atomic E-state index is -0.135. The highest BCUT2D eigenvalue weighted by Crippen LogP contribution is 2.34. The molecule has 3 rings (SSSR count). The van der Waals surface area contributed by atoms with Crippen LogP contribution in [0.15, 0.2) is 54.7 Å². The van der Waals surface area contributed by atoms with Gasteiger partial charge in [-0.1, -0.05) is 36.4 Å². The quantitative estimate of drug-likeness (QED) is 0.726. The molecule has 0 aliphatic carbocycles. The SMILES string of the molecule is CNCCC(c1ccccc1F)c1c[nH]c2ccccc12. The molecule has 108 valence electrons. The molecule has 2 nitrogen and oxygen atoms in total. The molecule has 0 saturated carbocycles.